The van der Waals surface area contributed by atoms with Gasteiger partial charge in [0.1, 0.15) is 0 Å². The van der Waals surface area contributed by atoms with Crippen molar-refractivity contribution >= 4 is 30.4 Å². The molecule has 0 spiro atoms. The average Bonchev–Trinajstić information content (AvgIpc) is 2.96. The molecule has 3 rings (SSSR count). The van der Waals surface area contributed by atoms with Gasteiger partial charge in [0.2, 0.25) is 0 Å². The summed E-state index contributed by atoms with van der Waals surface area (Å²) in [5.74, 6) is -1.77. The molecule has 25 heavy (non-hydrogen) atoms. The number of benzene rings is 1. The first-order chi connectivity index (χ1) is 11.6. The molecule has 2 amide bonds. The van der Waals surface area contributed by atoms with Gasteiger partial charge in [-0.2, -0.15) is 0 Å². The standard InChI is InChI=1S/C17H20BNO6/c1-16(2)17(3,4)25-18(24-16)12-7-5-11(6-8-12)15(22)23-19-13(20)9-10-14(19)21/h5-8H,9-10H2,1-4H3. The molecule has 0 aromatic heterocycles. The van der Waals surface area contributed by atoms with Gasteiger partial charge in [-0.1, -0.05) is 12.1 Å². The number of imide groups is 1. The second kappa shape index (κ2) is 5.96. The summed E-state index contributed by atoms with van der Waals surface area (Å²) in [5.41, 5.74) is 0.0913. The zero-order valence-electron chi connectivity index (χ0n) is 14.7. The third kappa shape index (κ3) is 3.19. The molecule has 2 heterocycles. The Morgan fingerprint density at radius 2 is 1.48 bits per heavy atom. The summed E-state index contributed by atoms with van der Waals surface area (Å²) in [6, 6.07) is 6.50. The van der Waals surface area contributed by atoms with Crippen LogP contribution in [-0.2, 0) is 23.7 Å². The Kier molecular flexibility index (Phi) is 4.21. The van der Waals surface area contributed by atoms with Gasteiger partial charge in [-0.05, 0) is 45.3 Å². The lowest BCUT2D eigenvalue weighted by molar-refractivity contribution is -0.172. The lowest BCUT2D eigenvalue weighted by Crippen LogP contribution is -2.41. The number of carbonyl (C=O) groups is 3. The molecule has 0 aliphatic carbocycles. The van der Waals surface area contributed by atoms with E-state index in [2.05, 4.69) is 0 Å². The van der Waals surface area contributed by atoms with E-state index in [1.165, 1.54) is 0 Å². The molecule has 2 saturated heterocycles. The lowest BCUT2D eigenvalue weighted by atomic mass is 9.79. The molecule has 0 saturated carbocycles. The van der Waals surface area contributed by atoms with Gasteiger partial charge >= 0.3 is 13.1 Å². The Hall–Kier alpha value is -2.19. The van der Waals surface area contributed by atoms with Crippen LogP contribution in [0.4, 0.5) is 0 Å². The van der Waals surface area contributed by atoms with Gasteiger partial charge in [-0.25, -0.2) is 4.79 Å². The van der Waals surface area contributed by atoms with Crippen LogP contribution in [0.3, 0.4) is 0 Å². The quantitative estimate of drug-likeness (QED) is 0.605. The first-order valence-corrected chi connectivity index (χ1v) is 8.14. The van der Waals surface area contributed by atoms with Crippen LogP contribution >= 0.6 is 0 Å². The SMILES string of the molecule is CC1(C)OB(c2ccc(C(=O)ON3C(=O)CCC3=O)cc2)OC1(C)C. The fourth-order valence-electron chi connectivity index (χ4n) is 2.55. The van der Waals surface area contributed by atoms with Crippen molar-refractivity contribution in [2.75, 3.05) is 0 Å². The van der Waals surface area contributed by atoms with E-state index in [-0.39, 0.29) is 18.4 Å². The molecule has 0 radical (unpaired) electrons. The van der Waals surface area contributed by atoms with E-state index >= 15 is 0 Å². The van der Waals surface area contributed by atoms with Crippen molar-refractivity contribution in [3.05, 3.63) is 29.8 Å². The zero-order chi connectivity index (χ0) is 18.4. The molecule has 0 bridgehead atoms. The van der Waals surface area contributed by atoms with E-state index < -0.39 is 36.1 Å². The Morgan fingerprint density at radius 1 is 1.00 bits per heavy atom. The van der Waals surface area contributed by atoms with E-state index in [0.29, 0.717) is 5.06 Å². The summed E-state index contributed by atoms with van der Waals surface area (Å²) in [7, 11) is -0.531. The molecule has 1 aromatic rings. The predicted molar refractivity (Wildman–Crippen MR) is 88.7 cm³/mol. The van der Waals surface area contributed by atoms with Gasteiger partial charge in [0, 0.05) is 12.8 Å². The van der Waals surface area contributed by atoms with E-state index in [0.717, 1.165) is 5.46 Å². The molecule has 0 unspecified atom stereocenters. The van der Waals surface area contributed by atoms with Crippen molar-refractivity contribution in [3.8, 4) is 0 Å². The van der Waals surface area contributed by atoms with E-state index in [9.17, 15) is 14.4 Å². The summed E-state index contributed by atoms with van der Waals surface area (Å²) in [6.07, 6.45) is 0.125. The maximum atomic E-state index is 12.1. The van der Waals surface area contributed by atoms with Gasteiger partial charge in [0.05, 0.1) is 16.8 Å². The molecule has 7 nitrogen and oxygen atoms in total. The highest BCUT2D eigenvalue weighted by atomic mass is 16.7. The normalized spacial score (nSPS) is 21.8. The number of amides is 2. The third-order valence-corrected chi connectivity index (χ3v) is 4.85. The van der Waals surface area contributed by atoms with Crippen LogP contribution in [0.5, 0.6) is 0 Å². The lowest BCUT2D eigenvalue weighted by Gasteiger charge is -2.32. The third-order valence-electron chi connectivity index (χ3n) is 4.85. The minimum atomic E-state index is -0.760. The summed E-state index contributed by atoms with van der Waals surface area (Å²) in [6.45, 7) is 7.84. The van der Waals surface area contributed by atoms with Crippen molar-refractivity contribution in [1.82, 2.24) is 5.06 Å². The van der Waals surface area contributed by atoms with E-state index in [1.807, 2.05) is 27.7 Å². The zero-order valence-corrected chi connectivity index (χ0v) is 14.7. The molecular formula is C17H20BNO6. The van der Waals surface area contributed by atoms with Crippen LogP contribution in [-0.4, -0.2) is 41.2 Å². The van der Waals surface area contributed by atoms with Crippen molar-refractivity contribution in [3.63, 3.8) is 0 Å². The first-order valence-electron chi connectivity index (χ1n) is 8.14. The highest BCUT2D eigenvalue weighted by molar-refractivity contribution is 6.62. The number of nitrogens with zero attached hydrogens (tertiary/aromatic N) is 1. The number of rotatable bonds is 3. The van der Waals surface area contributed by atoms with Crippen molar-refractivity contribution in [2.24, 2.45) is 0 Å². The topological polar surface area (TPSA) is 82.1 Å². The highest BCUT2D eigenvalue weighted by Gasteiger charge is 2.51. The molecule has 2 aliphatic heterocycles. The van der Waals surface area contributed by atoms with Gasteiger partial charge in [-0.3, -0.25) is 9.59 Å². The second-order valence-electron chi connectivity index (χ2n) is 7.17. The summed E-state index contributed by atoms with van der Waals surface area (Å²) < 4.78 is 11.9. The van der Waals surface area contributed by atoms with E-state index in [1.54, 1.807) is 24.3 Å². The van der Waals surface area contributed by atoms with Crippen LogP contribution in [0.2, 0.25) is 0 Å². The maximum absolute atomic E-state index is 12.1. The van der Waals surface area contributed by atoms with Crippen molar-refractivity contribution in [1.29, 1.82) is 0 Å². The summed E-state index contributed by atoms with van der Waals surface area (Å²) >= 11 is 0. The molecule has 8 heteroatoms. The first kappa shape index (κ1) is 17.6. The molecule has 1 aromatic carbocycles. The van der Waals surface area contributed by atoms with Crippen LogP contribution in [0.25, 0.3) is 0 Å². The van der Waals surface area contributed by atoms with Gasteiger partial charge in [-0.15, -0.1) is 5.06 Å². The number of hydroxylamine groups is 2. The fourth-order valence-corrected chi connectivity index (χ4v) is 2.55. The number of hydrogen-bond acceptors (Lipinski definition) is 6. The monoisotopic (exact) mass is 345 g/mol. The molecule has 2 aliphatic rings. The fraction of sp³-hybridized carbons (Fsp3) is 0.471. The minimum Gasteiger partial charge on any atom is -0.399 e. The highest BCUT2D eigenvalue weighted by Crippen LogP contribution is 2.36. The summed E-state index contributed by atoms with van der Waals surface area (Å²) in [4.78, 5) is 40.0. The second-order valence-corrected chi connectivity index (χ2v) is 7.17. The van der Waals surface area contributed by atoms with Crippen LogP contribution < -0.4 is 5.46 Å². The minimum absolute atomic E-state index is 0.0625. The Morgan fingerprint density at radius 3 is 1.96 bits per heavy atom. The van der Waals surface area contributed by atoms with Crippen molar-refractivity contribution < 1.29 is 28.5 Å². The molecular weight excluding hydrogens is 325 g/mol. The molecule has 0 atom stereocenters. The van der Waals surface area contributed by atoms with Crippen LogP contribution in [0, 0.1) is 0 Å². The largest absolute Gasteiger partial charge is 0.494 e. The van der Waals surface area contributed by atoms with Gasteiger partial charge in [0.15, 0.2) is 0 Å². The van der Waals surface area contributed by atoms with Gasteiger partial charge in [0.25, 0.3) is 11.8 Å². The maximum Gasteiger partial charge on any atom is 0.494 e. The average molecular weight is 345 g/mol. The van der Waals surface area contributed by atoms with Crippen molar-refractivity contribution in [2.45, 2.75) is 51.7 Å². The molecule has 132 valence electrons. The Bertz CT molecular complexity index is 695. The molecule has 2 fully saturated rings. The Labute approximate surface area is 146 Å². The van der Waals surface area contributed by atoms with E-state index in [4.69, 9.17) is 14.1 Å². The Balaban J connectivity index is 1.70. The van der Waals surface area contributed by atoms with Crippen LogP contribution in [0.15, 0.2) is 24.3 Å². The number of carbonyl (C=O) groups excluding carboxylic acids is 3. The summed E-state index contributed by atoms with van der Waals surface area (Å²) in [5, 5.41) is 0.532. The molecule has 0 N–H and O–H groups in total. The van der Waals surface area contributed by atoms with Crippen LogP contribution in [0.1, 0.15) is 50.9 Å². The number of hydrogen-bond donors (Lipinski definition) is 0. The smallest absolute Gasteiger partial charge is 0.399 e. The predicted octanol–water partition coefficient (Wildman–Crippen LogP) is 1.21. The van der Waals surface area contributed by atoms with Gasteiger partial charge < -0.3 is 14.1 Å².